The second kappa shape index (κ2) is 8.68. The highest BCUT2D eigenvalue weighted by Gasteiger charge is 2.19. The second-order valence-corrected chi connectivity index (χ2v) is 8.12. The first-order chi connectivity index (χ1) is 14.3. The van der Waals surface area contributed by atoms with E-state index in [9.17, 15) is 13.2 Å². The van der Waals surface area contributed by atoms with E-state index in [1.54, 1.807) is 43.3 Å². The number of amides is 1. The van der Waals surface area contributed by atoms with Gasteiger partial charge >= 0.3 is 0 Å². The van der Waals surface area contributed by atoms with Gasteiger partial charge in [0.25, 0.3) is 15.9 Å². The average molecular weight is 421 g/mol. The number of nitrogens with zero attached hydrogens (tertiary/aromatic N) is 1. The molecule has 0 fully saturated rings. The van der Waals surface area contributed by atoms with E-state index in [1.807, 2.05) is 12.1 Å². The summed E-state index contributed by atoms with van der Waals surface area (Å²) in [6.07, 6.45) is 0. The van der Waals surface area contributed by atoms with E-state index in [4.69, 9.17) is 10.00 Å². The maximum atomic E-state index is 12.8. The lowest BCUT2D eigenvalue weighted by Gasteiger charge is -2.16. The fourth-order valence-electron chi connectivity index (χ4n) is 2.79. The predicted molar refractivity (Wildman–Crippen MR) is 114 cm³/mol. The summed E-state index contributed by atoms with van der Waals surface area (Å²) in [6.45, 7) is 1.74. The van der Waals surface area contributed by atoms with Gasteiger partial charge in [0.2, 0.25) is 0 Å². The third-order valence-corrected chi connectivity index (χ3v) is 5.71. The van der Waals surface area contributed by atoms with E-state index in [0.717, 1.165) is 0 Å². The van der Waals surface area contributed by atoms with Gasteiger partial charge in [-0.05, 0) is 48.9 Å². The number of sulfonamides is 1. The van der Waals surface area contributed by atoms with Crippen molar-refractivity contribution in [1.29, 1.82) is 5.26 Å². The largest absolute Gasteiger partial charge is 0.494 e. The zero-order valence-corrected chi connectivity index (χ0v) is 17.2. The van der Waals surface area contributed by atoms with Crippen LogP contribution in [0, 0.1) is 18.3 Å². The van der Waals surface area contributed by atoms with Crippen molar-refractivity contribution < 1.29 is 17.9 Å². The minimum Gasteiger partial charge on any atom is -0.494 e. The van der Waals surface area contributed by atoms with Gasteiger partial charge < -0.3 is 10.1 Å². The van der Waals surface area contributed by atoms with E-state index >= 15 is 0 Å². The Bertz CT molecular complexity index is 1230. The van der Waals surface area contributed by atoms with Crippen molar-refractivity contribution in [2.45, 2.75) is 11.8 Å². The molecule has 7 nitrogen and oxygen atoms in total. The van der Waals surface area contributed by atoms with Gasteiger partial charge in [0, 0.05) is 17.3 Å². The molecule has 0 aliphatic carbocycles. The monoisotopic (exact) mass is 421 g/mol. The van der Waals surface area contributed by atoms with Gasteiger partial charge in [0.05, 0.1) is 29.3 Å². The molecular weight excluding hydrogens is 402 g/mol. The minimum absolute atomic E-state index is 0.0392. The number of ether oxygens (including phenoxy) is 1. The summed E-state index contributed by atoms with van der Waals surface area (Å²) in [4.78, 5) is 12.4. The molecule has 30 heavy (non-hydrogen) atoms. The van der Waals surface area contributed by atoms with Gasteiger partial charge in [0.1, 0.15) is 5.75 Å². The molecule has 0 unspecified atom stereocenters. The summed E-state index contributed by atoms with van der Waals surface area (Å²) in [5.74, 6) is -0.0497. The van der Waals surface area contributed by atoms with Crippen LogP contribution in [0.15, 0.2) is 71.6 Å². The molecule has 0 atom stereocenters. The van der Waals surface area contributed by atoms with Crippen LogP contribution in [0.3, 0.4) is 0 Å². The van der Waals surface area contributed by atoms with E-state index in [-0.39, 0.29) is 27.8 Å². The third-order valence-electron chi connectivity index (χ3n) is 4.35. The molecular formula is C22H19N3O4S. The maximum Gasteiger partial charge on any atom is 0.262 e. The summed E-state index contributed by atoms with van der Waals surface area (Å²) < 4.78 is 33.3. The highest BCUT2D eigenvalue weighted by molar-refractivity contribution is 7.92. The quantitative estimate of drug-likeness (QED) is 0.627. The van der Waals surface area contributed by atoms with Crippen molar-refractivity contribution in [2.24, 2.45) is 0 Å². The Balaban J connectivity index is 1.90. The predicted octanol–water partition coefficient (Wildman–Crippen LogP) is 3.93. The Labute approximate surface area is 175 Å². The Hall–Kier alpha value is -3.83. The number of carbonyl (C=O) groups excluding carboxylic acids is 1. The Morgan fingerprint density at radius 2 is 1.73 bits per heavy atom. The molecule has 0 aliphatic rings. The van der Waals surface area contributed by atoms with Crippen molar-refractivity contribution in [3.05, 3.63) is 83.4 Å². The molecule has 0 radical (unpaired) electrons. The topological polar surface area (TPSA) is 108 Å². The van der Waals surface area contributed by atoms with E-state index in [2.05, 4.69) is 10.0 Å². The third kappa shape index (κ3) is 4.59. The molecule has 2 N–H and O–H groups in total. The fourth-order valence-corrected chi connectivity index (χ4v) is 3.90. The molecule has 8 heteroatoms. The number of nitriles is 1. The van der Waals surface area contributed by atoms with Crippen molar-refractivity contribution in [3.63, 3.8) is 0 Å². The second-order valence-electron chi connectivity index (χ2n) is 6.43. The van der Waals surface area contributed by atoms with Gasteiger partial charge in [-0.15, -0.1) is 0 Å². The molecule has 0 saturated carbocycles. The SMILES string of the molecule is COc1cc(NC(=O)c2ccccc2)c(C)cc1NS(=O)(=O)c1cccc(C#N)c1. The van der Waals surface area contributed by atoms with Gasteiger partial charge in [-0.1, -0.05) is 24.3 Å². The van der Waals surface area contributed by atoms with E-state index < -0.39 is 10.0 Å². The number of hydrogen-bond acceptors (Lipinski definition) is 5. The van der Waals surface area contributed by atoms with Crippen LogP contribution < -0.4 is 14.8 Å². The number of anilines is 2. The van der Waals surface area contributed by atoms with Gasteiger partial charge in [-0.2, -0.15) is 5.26 Å². The zero-order chi connectivity index (χ0) is 21.7. The maximum absolute atomic E-state index is 12.8. The Morgan fingerprint density at radius 3 is 2.40 bits per heavy atom. The number of nitrogens with one attached hydrogen (secondary N) is 2. The number of benzene rings is 3. The van der Waals surface area contributed by atoms with Gasteiger partial charge in [-0.25, -0.2) is 8.42 Å². The molecule has 3 aromatic rings. The van der Waals surface area contributed by atoms with Crippen LogP contribution >= 0.6 is 0 Å². The molecule has 0 spiro atoms. The number of carbonyl (C=O) groups is 1. The zero-order valence-electron chi connectivity index (χ0n) is 16.3. The van der Waals surface area contributed by atoms with Crippen molar-refractivity contribution >= 4 is 27.3 Å². The van der Waals surface area contributed by atoms with Gasteiger partial charge in [-0.3, -0.25) is 9.52 Å². The molecule has 3 rings (SSSR count). The molecule has 0 saturated heterocycles. The van der Waals surface area contributed by atoms with Crippen LogP contribution in [0.4, 0.5) is 11.4 Å². The summed E-state index contributed by atoms with van der Waals surface area (Å²) in [5, 5.41) is 11.8. The Kier molecular flexibility index (Phi) is 6.04. The first-order valence-corrected chi connectivity index (χ1v) is 10.4. The minimum atomic E-state index is -3.94. The van der Waals surface area contributed by atoms with E-state index in [0.29, 0.717) is 16.8 Å². The highest BCUT2D eigenvalue weighted by Crippen LogP contribution is 2.33. The number of hydrogen-bond donors (Lipinski definition) is 2. The molecule has 152 valence electrons. The smallest absolute Gasteiger partial charge is 0.262 e. The number of rotatable bonds is 6. The first-order valence-electron chi connectivity index (χ1n) is 8.92. The average Bonchev–Trinajstić information content (AvgIpc) is 2.76. The first kappa shape index (κ1) is 20.9. The molecule has 1 amide bonds. The molecule has 0 aromatic heterocycles. The highest BCUT2D eigenvalue weighted by atomic mass is 32.2. The summed E-state index contributed by atoms with van der Waals surface area (Å²) in [6, 6.07) is 19.5. The lowest BCUT2D eigenvalue weighted by molar-refractivity contribution is 0.102. The molecule has 0 aliphatic heterocycles. The number of aryl methyl sites for hydroxylation is 1. The normalized spacial score (nSPS) is 10.7. The van der Waals surface area contributed by atoms with Crippen molar-refractivity contribution in [3.8, 4) is 11.8 Å². The standard InChI is InChI=1S/C22H19N3O4S/c1-15-11-20(25-30(27,28)18-10-6-7-16(12-18)14-23)21(29-2)13-19(15)24-22(26)17-8-4-3-5-9-17/h3-13,25H,1-2H3,(H,24,26). The molecule has 0 bridgehead atoms. The van der Waals surface area contributed by atoms with Crippen LogP contribution in [0.2, 0.25) is 0 Å². The summed E-state index contributed by atoms with van der Waals surface area (Å²) in [5.41, 5.74) is 2.09. The number of methoxy groups -OCH3 is 1. The lowest BCUT2D eigenvalue weighted by Crippen LogP contribution is -2.15. The van der Waals surface area contributed by atoms with E-state index in [1.165, 1.54) is 31.4 Å². The van der Waals surface area contributed by atoms with Crippen molar-refractivity contribution in [2.75, 3.05) is 17.1 Å². The van der Waals surface area contributed by atoms with Gasteiger partial charge in [0.15, 0.2) is 0 Å². The van der Waals surface area contributed by atoms with Crippen LogP contribution in [0.5, 0.6) is 5.75 Å². The van der Waals surface area contributed by atoms with Crippen LogP contribution in [-0.4, -0.2) is 21.4 Å². The fraction of sp³-hybridized carbons (Fsp3) is 0.0909. The summed E-state index contributed by atoms with van der Waals surface area (Å²) in [7, 11) is -2.54. The van der Waals surface area contributed by atoms with Crippen LogP contribution in [0.25, 0.3) is 0 Å². The summed E-state index contributed by atoms with van der Waals surface area (Å²) >= 11 is 0. The van der Waals surface area contributed by atoms with Crippen LogP contribution in [0.1, 0.15) is 21.5 Å². The Morgan fingerprint density at radius 1 is 1.00 bits per heavy atom. The van der Waals surface area contributed by atoms with Crippen LogP contribution in [-0.2, 0) is 10.0 Å². The molecule has 3 aromatic carbocycles. The lowest BCUT2D eigenvalue weighted by atomic mass is 10.1. The van der Waals surface area contributed by atoms with Crippen molar-refractivity contribution in [1.82, 2.24) is 0 Å². The molecule has 0 heterocycles.